The predicted octanol–water partition coefficient (Wildman–Crippen LogP) is 2.14. The zero-order valence-electron chi connectivity index (χ0n) is 9.70. The van der Waals surface area contributed by atoms with Crippen molar-refractivity contribution < 1.29 is 9.21 Å². The van der Waals surface area contributed by atoms with E-state index < -0.39 is 0 Å². The normalized spacial score (nSPS) is 15.6. The van der Waals surface area contributed by atoms with Gasteiger partial charge in [-0.25, -0.2) is 0 Å². The van der Waals surface area contributed by atoms with Crippen molar-refractivity contribution in [2.75, 3.05) is 19.6 Å². The van der Waals surface area contributed by atoms with Gasteiger partial charge in [0.05, 0.1) is 0 Å². The van der Waals surface area contributed by atoms with Crippen molar-refractivity contribution in [1.82, 2.24) is 10.6 Å². The summed E-state index contributed by atoms with van der Waals surface area (Å²) in [5.74, 6) is 0.775. The zero-order chi connectivity index (χ0) is 12.5. The number of benzene rings is 1. The Morgan fingerprint density at radius 3 is 3.00 bits per heavy atom. The molecule has 0 bridgehead atoms. The molecule has 5 heteroatoms. The first-order chi connectivity index (χ1) is 8.72. The van der Waals surface area contributed by atoms with Crippen LogP contribution in [0.2, 0.25) is 0 Å². The highest BCUT2D eigenvalue weighted by Gasteiger charge is 2.19. The van der Waals surface area contributed by atoms with Crippen molar-refractivity contribution in [2.45, 2.75) is 0 Å². The van der Waals surface area contributed by atoms with E-state index in [1.54, 1.807) is 6.07 Å². The summed E-state index contributed by atoms with van der Waals surface area (Å²) < 4.78 is 6.50. The topological polar surface area (TPSA) is 54.3 Å². The van der Waals surface area contributed by atoms with E-state index >= 15 is 0 Å². The third-order valence-corrected chi connectivity index (χ3v) is 3.61. The van der Waals surface area contributed by atoms with Gasteiger partial charge in [0.25, 0.3) is 5.91 Å². The van der Waals surface area contributed by atoms with Gasteiger partial charge in [-0.15, -0.1) is 0 Å². The molecule has 2 aromatic rings. The average molecular weight is 309 g/mol. The predicted molar refractivity (Wildman–Crippen MR) is 72.6 cm³/mol. The molecule has 2 N–H and O–H groups in total. The molecule has 1 saturated heterocycles. The lowest BCUT2D eigenvalue weighted by Crippen LogP contribution is -2.48. The maximum atomic E-state index is 11.9. The molecule has 0 spiro atoms. The van der Waals surface area contributed by atoms with Crippen LogP contribution < -0.4 is 10.6 Å². The van der Waals surface area contributed by atoms with Gasteiger partial charge >= 0.3 is 0 Å². The van der Waals surface area contributed by atoms with Crippen LogP contribution in [-0.2, 0) is 0 Å². The largest absolute Gasteiger partial charge is 0.451 e. The second-order valence-electron chi connectivity index (χ2n) is 4.53. The van der Waals surface area contributed by atoms with Crippen molar-refractivity contribution in [3.63, 3.8) is 0 Å². The second kappa shape index (κ2) is 4.74. The summed E-state index contributed by atoms with van der Waals surface area (Å²) in [4.78, 5) is 11.9. The van der Waals surface area contributed by atoms with Crippen molar-refractivity contribution in [2.24, 2.45) is 5.92 Å². The van der Waals surface area contributed by atoms with Crippen molar-refractivity contribution in [3.05, 3.63) is 34.5 Å². The van der Waals surface area contributed by atoms with Crippen LogP contribution in [0.4, 0.5) is 0 Å². The molecule has 1 fully saturated rings. The van der Waals surface area contributed by atoms with Crippen LogP contribution in [0.3, 0.4) is 0 Å². The quantitative estimate of drug-likeness (QED) is 0.913. The van der Waals surface area contributed by atoms with Gasteiger partial charge in [0, 0.05) is 35.4 Å². The maximum absolute atomic E-state index is 11.9. The van der Waals surface area contributed by atoms with Gasteiger partial charge in [-0.3, -0.25) is 4.79 Å². The Bertz CT molecular complexity index is 590. The SMILES string of the molecule is O=C(NCC1CNC1)c1cc2cc(Br)ccc2o1. The number of carbonyl (C=O) groups is 1. The fraction of sp³-hybridized carbons (Fsp3) is 0.308. The van der Waals surface area contributed by atoms with Crippen molar-refractivity contribution in [1.29, 1.82) is 0 Å². The Kier molecular flexibility index (Phi) is 3.09. The molecule has 3 rings (SSSR count). The lowest BCUT2D eigenvalue weighted by molar-refractivity contribution is 0.0916. The number of carbonyl (C=O) groups excluding carboxylic acids is 1. The first-order valence-electron chi connectivity index (χ1n) is 5.90. The Labute approximate surface area is 113 Å². The number of furan rings is 1. The number of hydrogen-bond acceptors (Lipinski definition) is 3. The molecule has 18 heavy (non-hydrogen) atoms. The molecule has 94 valence electrons. The smallest absolute Gasteiger partial charge is 0.287 e. The molecule has 1 aliphatic heterocycles. The molecular formula is C13H13BrN2O2. The number of nitrogens with one attached hydrogen (secondary N) is 2. The van der Waals surface area contributed by atoms with Crippen LogP contribution >= 0.6 is 15.9 Å². The fourth-order valence-electron chi connectivity index (χ4n) is 1.94. The number of rotatable bonds is 3. The maximum Gasteiger partial charge on any atom is 0.287 e. The van der Waals surface area contributed by atoms with Gasteiger partial charge in [0.2, 0.25) is 0 Å². The summed E-state index contributed by atoms with van der Waals surface area (Å²) in [6.45, 7) is 2.66. The van der Waals surface area contributed by atoms with E-state index in [4.69, 9.17) is 4.42 Å². The minimum Gasteiger partial charge on any atom is -0.451 e. The third kappa shape index (κ3) is 2.28. The summed E-state index contributed by atoms with van der Waals surface area (Å²) in [5.41, 5.74) is 0.730. The van der Waals surface area contributed by atoms with Crippen LogP contribution in [0.25, 0.3) is 11.0 Å². The molecule has 1 amide bonds. The molecule has 1 aromatic heterocycles. The van der Waals surface area contributed by atoms with Gasteiger partial charge < -0.3 is 15.1 Å². The highest BCUT2D eigenvalue weighted by molar-refractivity contribution is 9.10. The minimum absolute atomic E-state index is 0.144. The number of hydrogen-bond donors (Lipinski definition) is 2. The van der Waals surface area contributed by atoms with Gasteiger partial charge in [0.1, 0.15) is 5.58 Å². The zero-order valence-corrected chi connectivity index (χ0v) is 11.3. The van der Waals surface area contributed by atoms with Gasteiger partial charge in [-0.2, -0.15) is 0 Å². The van der Waals surface area contributed by atoms with E-state index in [9.17, 15) is 4.79 Å². The van der Waals surface area contributed by atoms with Crippen molar-refractivity contribution >= 4 is 32.8 Å². The van der Waals surface area contributed by atoms with E-state index in [0.29, 0.717) is 18.2 Å². The summed E-state index contributed by atoms with van der Waals surface area (Å²) >= 11 is 3.40. The molecule has 0 unspecified atom stereocenters. The van der Waals surface area contributed by atoms with Gasteiger partial charge in [0.15, 0.2) is 5.76 Å². The van der Waals surface area contributed by atoms with Gasteiger partial charge in [-0.05, 0) is 24.3 Å². The van der Waals surface area contributed by atoms with Crippen LogP contribution in [0.1, 0.15) is 10.6 Å². The fourth-order valence-corrected chi connectivity index (χ4v) is 2.32. The lowest BCUT2D eigenvalue weighted by Gasteiger charge is -2.26. The highest BCUT2D eigenvalue weighted by Crippen LogP contribution is 2.23. The molecule has 2 heterocycles. The van der Waals surface area contributed by atoms with E-state index in [0.717, 1.165) is 28.5 Å². The van der Waals surface area contributed by atoms with E-state index in [-0.39, 0.29) is 5.91 Å². The van der Waals surface area contributed by atoms with E-state index in [2.05, 4.69) is 26.6 Å². The number of amides is 1. The first-order valence-corrected chi connectivity index (χ1v) is 6.70. The summed E-state index contributed by atoms with van der Waals surface area (Å²) in [6.07, 6.45) is 0. The summed E-state index contributed by atoms with van der Waals surface area (Å²) in [6, 6.07) is 7.46. The molecule has 1 aliphatic rings. The molecule has 0 saturated carbocycles. The summed E-state index contributed by atoms with van der Waals surface area (Å²) in [5, 5.41) is 6.99. The molecule has 1 aromatic carbocycles. The summed E-state index contributed by atoms with van der Waals surface area (Å²) in [7, 11) is 0. The third-order valence-electron chi connectivity index (χ3n) is 3.12. The van der Waals surface area contributed by atoms with Crippen LogP contribution in [-0.4, -0.2) is 25.5 Å². The average Bonchev–Trinajstić information content (AvgIpc) is 2.69. The van der Waals surface area contributed by atoms with Gasteiger partial charge in [-0.1, -0.05) is 15.9 Å². The number of halogens is 1. The van der Waals surface area contributed by atoms with E-state index in [1.165, 1.54) is 0 Å². The molecular weight excluding hydrogens is 296 g/mol. The molecule has 0 atom stereocenters. The van der Waals surface area contributed by atoms with Crippen molar-refractivity contribution in [3.8, 4) is 0 Å². The van der Waals surface area contributed by atoms with Crippen LogP contribution in [0.5, 0.6) is 0 Å². The Hall–Kier alpha value is -1.33. The first kappa shape index (κ1) is 11.7. The van der Waals surface area contributed by atoms with Crippen LogP contribution in [0, 0.1) is 5.92 Å². The number of fused-ring (bicyclic) bond motifs is 1. The minimum atomic E-state index is -0.144. The Morgan fingerprint density at radius 2 is 2.28 bits per heavy atom. The Balaban J connectivity index is 1.74. The molecule has 0 radical (unpaired) electrons. The standard InChI is InChI=1S/C13H13BrN2O2/c14-10-1-2-11-9(3-10)4-12(18-11)13(17)16-7-8-5-15-6-8/h1-4,8,15H,5-7H2,(H,16,17). The lowest BCUT2D eigenvalue weighted by atomic mass is 10.0. The second-order valence-corrected chi connectivity index (χ2v) is 5.44. The van der Waals surface area contributed by atoms with E-state index in [1.807, 2.05) is 18.2 Å². The molecule has 0 aliphatic carbocycles. The monoisotopic (exact) mass is 308 g/mol. The molecule has 4 nitrogen and oxygen atoms in total. The Morgan fingerprint density at radius 1 is 1.44 bits per heavy atom. The highest BCUT2D eigenvalue weighted by atomic mass is 79.9. The van der Waals surface area contributed by atoms with Crippen LogP contribution in [0.15, 0.2) is 33.2 Å².